The van der Waals surface area contributed by atoms with Crippen molar-refractivity contribution >= 4 is 138 Å². The Morgan fingerprint density at radius 1 is 0.407 bits per heavy atom. The summed E-state index contributed by atoms with van der Waals surface area (Å²) in [6.07, 6.45) is 0. The number of aromatic nitrogens is 3. The van der Waals surface area contributed by atoms with E-state index in [9.17, 15) is 0 Å². The maximum absolute atomic E-state index is 5.76. The summed E-state index contributed by atoms with van der Waals surface area (Å²) in [5.74, 6) is 1.68. The van der Waals surface area contributed by atoms with E-state index in [1.807, 2.05) is 22.7 Å². The Bertz CT molecular complexity index is 3750. The molecule has 54 heavy (non-hydrogen) atoms. The summed E-state index contributed by atoms with van der Waals surface area (Å²) in [7, 11) is 0. The van der Waals surface area contributed by atoms with E-state index in [4.69, 9.17) is 9.97 Å². The summed E-state index contributed by atoms with van der Waals surface area (Å²) >= 11 is 5.50. The molecule has 0 atom stereocenters. The third kappa shape index (κ3) is 3.79. The van der Waals surface area contributed by atoms with Crippen molar-refractivity contribution in [3.63, 3.8) is 0 Å². The van der Waals surface area contributed by atoms with Crippen LogP contribution in [0.25, 0.3) is 121 Å². The smallest absolute Gasteiger partial charge is 0.164 e. The fraction of sp³-hybridized carbons (Fsp3) is 0. The minimum absolute atomic E-state index is 0.754. The van der Waals surface area contributed by atoms with Gasteiger partial charge in [0.2, 0.25) is 0 Å². The first-order valence-corrected chi connectivity index (χ1v) is 20.5. The van der Waals surface area contributed by atoms with Crippen molar-refractivity contribution in [1.29, 1.82) is 0 Å². The molecule has 13 rings (SSSR count). The van der Waals surface area contributed by atoms with E-state index in [1.54, 1.807) is 11.3 Å². The quantitative estimate of drug-likeness (QED) is 0.177. The molecule has 0 aliphatic heterocycles. The van der Waals surface area contributed by atoms with Crippen molar-refractivity contribution in [2.45, 2.75) is 0 Å². The van der Waals surface area contributed by atoms with Crippen molar-refractivity contribution in [3.8, 4) is 17.2 Å². The standard InChI is InChI=1S/C48H25N3S3/c1-2-14-27-26(13-1)25-34(44-39(27)31-18-6-10-22-36(31)52-44)46-49-47(42-33-20-8-12-24-38(33)54-48(42)50-46)51-35-21-9-5-17-30(35)41-43(51)29-16-4-3-15-28(29)40-32-19-7-11-23-37(32)53-45(40)41/h1-25H. The lowest BCUT2D eigenvalue weighted by Crippen LogP contribution is -2.02. The third-order valence-corrected chi connectivity index (χ3v) is 14.6. The lowest BCUT2D eigenvalue weighted by Gasteiger charge is -2.14. The van der Waals surface area contributed by atoms with Gasteiger partial charge >= 0.3 is 0 Å². The van der Waals surface area contributed by atoms with Crippen LogP contribution in [0, 0.1) is 0 Å². The molecule has 0 unspecified atom stereocenters. The van der Waals surface area contributed by atoms with Gasteiger partial charge in [0.1, 0.15) is 4.83 Å². The molecule has 0 radical (unpaired) electrons. The molecule has 6 heteroatoms. The third-order valence-electron chi connectivity index (χ3n) is 11.2. The second-order valence-electron chi connectivity index (χ2n) is 14.0. The molecule has 0 aliphatic carbocycles. The number of hydrogen-bond donors (Lipinski definition) is 0. The highest BCUT2D eigenvalue weighted by Crippen LogP contribution is 2.50. The molecule has 5 heterocycles. The largest absolute Gasteiger partial charge is 0.292 e. The van der Waals surface area contributed by atoms with Gasteiger partial charge in [-0.2, -0.15) is 0 Å². The van der Waals surface area contributed by atoms with E-state index >= 15 is 0 Å². The number of rotatable bonds is 2. The Morgan fingerprint density at radius 3 is 1.69 bits per heavy atom. The van der Waals surface area contributed by atoms with Crippen LogP contribution < -0.4 is 0 Å². The Labute approximate surface area is 319 Å². The zero-order valence-electron chi connectivity index (χ0n) is 28.5. The highest BCUT2D eigenvalue weighted by Gasteiger charge is 2.26. The summed E-state index contributed by atoms with van der Waals surface area (Å²) in [4.78, 5) is 12.2. The molecule has 0 saturated carbocycles. The van der Waals surface area contributed by atoms with Crippen LogP contribution in [0.3, 0.4) is 0 Å². The molecule has 13 aromatic rings. The molecule has 250 valence electrons. The summed E-state index contributed by atoms with van der Waals surface area (Å²) in [5.41, 5.74) is 3.41. The van der Waals surface area contributed by atoms with E-state index < -0.39 is 0 Å². The molecule has 0 N–H and O–H groups in total. The average Bonchev–Trinajstić information content (AvgIpc) is 3.99. The first-order valence-electron chi connectivity index (χ1n) is 18.1. The average molecular weight is 740 g/mol. The van der Waals surface area contributed by atoms with Crippen molar-refractivity contribution < 1.29 is 0 Å². The number of para-hydroxylation sites is 1. The minimum atomic E-state index is 0.754. The highest BCUT2D eigenvalue weighted by atomic mass is 32.1. The van der Waals surface area contributed by atoms with Crippen LogP contribution in [0.2, 0.25) is 0 Å². The molecular weight excluding hydrogens is 715 g/mol. The van der Waals surface area contributed by atoms with Crippen LogP contribution in [0.4, 0.5) is 0 Å². The number of benzene rings is 8. The van der Waals surface area contributed by atoms with Gasteiger partial charge < -0.3 is 0 Å². The van der Waals surface area contributed by atoms with Gasteiger partial charge in [0.15, 0.2) is 11.6 Å². The summed E-state index contributed by atoms with van der Waals surface area (Å²) in [6, 6.07) is 55.3. The lowest BCUT2D eigenvalue weighted by molar-refractivity contribution is 1.09. The second kappa shape index (κ2) is 10.7. The number of thiophene rings is 3. The van der Waals surface area contributed by atoms with Gasteiger partial charge in [0, 0.05) is 72.2 Å². The number of hydrogen-bond acceptors (Lipinski definition) is 5. The molecule has 0 bridgehead atoms. The zero-order chi connectivity index (χ0) is 35.1. The minimum Gasteiger partial charge on any atom is -0.292 e. The van der Waals surface area contributed by atoms with Crippen LogP contribution in [-0.2, 0) is 0 Å². The summed E-state index contributed by atoms with van der Waals surface area (Å²) in [5, 5.41) is 14.9. The monoisotopic (exact) mass is 739 g/mol. The molecule has 0 saturated heterocycles. The Kier molecular flexibility index (Phi) is 5.81. The highest BCUT2D eigenvalue weighted by molar-refractivity contribution is 7.27. The van der Waals surface area contributed by atoms with E-state index in [-0.39, 0.29) is 0 Å². The molecule has 3 nitrogen and oxygen atoms in total. The second-order valence-corrected chi connectivity index (χ2v) is 17.2. The van der Waals surface area contributed by atoms with Crippen LogP contribution in [0.5, 0.6) is 0 Å². The molecular formula is C48H25N3S3. The van der Waals surface area contributed by atoms with Crippen LogP contribution in [-0.4, -0.2) is 14.5 Å². The Morgan fingerprint density at radius 2 is 0.944 bits per heavy atom. The Hall–Kier alpha value is -6.18. The van der Waals surface area contributed by atoms with E-state index in [0.717, 1.165) is 32.9 Å². The molecule has 0 spiro atoms. The first-order chi connectivity index (χ1) is 26.8. The fourth-order valence-corrected chi connectivity index (χ4v) is 12.5. The molecule has 0 fully saturated rings. The van der Waals surface area contributed by atoms with Crippen LogP contribution in [0.1, 0.15) is 0 Å². The van der Waals surface area contributed by atoms with E-state index in [0.29, 0.717) is 0 Å². The van der Waals surface area contributed by atoms with Crippen LogP contribution >= 0.6 is 34.0 Å². The zero-order valence-corrected chi connectivity index (χ0v) is 30.9. The van der Waals surface area contributed by atoms with Gasteiger partial charge in [-0.25, -0.2) is 9.97 Å². The normalized spacial score (nSPS) is 12.4. The van der Waals surface area contributed by atoms with Crippen LogP contribution in [0.15, 0.2) is 152 Å². The van der Waals surface area contributed by atoms with Gasteiger partial charge in [-0.3, -0.25) is 4.57 Å². The fourth-order valence-electron chi connectivity index (χ4n) is 8.97. The predicted octanol–water partition coefficient (Wildman–Crippen LogP) is 14.7. The van der Waals surface area contributed by atoms with Gasteiger partial charge in [-0.05, 0) is 46.5 Å². The maximum Gasteiger partial charge on any atom is 0.164 e. The van der Waals surface area contributed by atoms with Crippen molar-refractivity contribution in [1.82, 2.24) is 14.5 Å². The van der Waals surface area contributed by atoms with Gasteiger partial charge in [0.05, 0.1) is 16.4 Å². The van der Waals surface area contributed by atoms with Crippen molar-refractivity contribution in [2.75, 3.05) is 0 Å². The lowest BCUT2D eigenvalue weighted by atomic mass is 9.99. The van der Waals surface area contributed by atoms with Gasteiger partial charge in [-0.1, -0.05) is 121 Å². The summed E-state index contributed by atoms with van der Waals surface area (Å²) < 4.78 is 8.80. The molecule has 5 aromatic heterocycles. The predicted molar refractivity (Wildman–Crippen MR) is 235 cm³/mol. The van der Waals surface area contributed by atoms with Gasteiger partial charge in [0.25, 0.3) is 0 Å². The first kappa shape index (κ1) is 29.3. The van der Waals surface area contributed by atoms with E-state index in [1.165, 1.54) is 88.3 Å². The van der Waals surface area contributed by atoms with E-state index in [2.05, 4.69) is 156 Å². The number of nitrogens with zero attached hydrogens (tertiary/aromatic N) is 3. The maximum atomic E-state index is 5.76. The topological polar surface area (TPSA) is 30.7 Å². The number of fused-ring (bicyclic) bond motifs is 18. The molecule has 0 amide bonds. The SMILES string of the molecule is c1ccc2c(c1)cc(-c1nc(-n3c4ccccc4c4c5sc6ccccc6c5c5ccccc5c43)c3c(n1)sc1ccccc13)c1sc3ccccc3c12. The van der Waals surface area contributed by atoms with Crippen molar-refractivity contribution in [3.05, 3.63) is 152 Å². The van der Waals surface area contributed by atoms with Gasteiger partial charge in [-0.15, -0.1) is 34.0 Å². The molecule has 0 aliphatic rings. The molecule has 8 aromatic carbocycles. The van der Waals surface area contributed by atoms with Crippen molar-refractivity contribution in [2.24, 2.45) is 0 Å². The Balaban J connectivity index is 1.25. The summed E-state index contributed by atoms with van der Waals surface area (Å²) in [6.45, 7) is 0.